The van der Waals surface area contributed by atoms with E-state index in [0.29, 0.717) is 0 Å². The van der Waals surface area contributed by atoms with Gasteiger partial charge in [-0.2, -0.15) is 0 Å². The van der Waals surface area contributed by atoms with Gasteiger partial charge in [-0.15, -0.1) is 0 Å². The molecule has 1 amide bonds. The van der Waals surface area contributed by atoms with Crippen molar-refractivity contribution < 1.29 is 4.79 Å². The van der Waals surface area contributed by atoms with Crippen LogP contribution in [0.5, 0.6) is 0 Å². The minimum absolute atomic E-state index is 0.252. The van der Waals surface area contributed by atoms with Crippen LogP contribution in [0.1, 0.15) is 45.4 Å². The maximum atomic E-state index is 11.3. The summed E-state index contributed by atoms with van der Waals surface area (Å²) in [5.74, 6) is 1.08. The molecule has 1 spiro atoms. The van der Waals surface area contributed by atoms with E-state index in [0.717, 1.165) is 24.4 Å². The number of rotatable bonds is 2. The molecule has 0 bridgehead atoms. The molecular weight excluding hydrogens is 224 g/mol. The summed E-state index contributed by atoms with van der Waals surface area (Å²) in [6, 6.07) is 0. The van der Waals surface area contributed by atoms with Crippen LogP contribution in [0.25, 0.3) is 0 Å². The Balaban J connectivity index is 1.40. The Morgan fingerprint density at radius 1 is 1.06 bits per heavy atom. The predicted molar refractivity (Wildman–Crippen MR) is 72.3 cm³/mol. The number of piperidine rings is 2. The van der Waals surface area contributed by atoms with E-state index in [1.54, 1.807) is 6.92 Å². The summed E-state index contributed by atoms with van der Waals surface area (Å²) in [5, 5.41) is 0. The minimum Gasteiger partial charge on any atom is -0.343 e. The van der Waals surface area contributed by atoms with E-state index in [1.807, 2.05) is 4.90 Å². The highest BCUT2D eigenvalue weighted by atomic mass is 16.2. The Hall–Kier alpha value is -0.570. The number of hydrogen-bond donors (Lipinski definition) is 0. The Morgan fingerprint density at radius 3 is 2.17 bits per heavy atom. The summed E-state index contributed by atoms with van der Waals surface area (Å²) < 4.78 is 0. The first kappa shape index (κ1) is 12.5. The summed E-state index contributed by atoms with van der Waals surface area (Å²) in [6.45, 7) is 7.59. The van der Waals surface area contributed by atoms with Gasteiger partial charge in [0.05, 0.1) is 0 Å². The molecule has 1 saturated carbocycles. The number of nitrogens with zero attached hydrogens (tertiary/aromatic N) is 2. The molecule has 2 saturated heterocycles. The lowest BCUT2D eigenvalue weighted by molar-refractivity contribution is -0.130. The Kier molecular flexibility index (Phi) is 3.35. The third-order valence-electron chi connectivity index (χ3n) is 5.45. The molecule has 3 aliphatic rings. The van der Waals surface area contributed by atoms with Gasteiger partial charge in [-0.1, -0.05) is 0 Å². The third kappa shape index (κ3) is 2.71. The van der Waals surface area contributed by atoms with Crippen LogP contribution in [0.2, 0.25) is 0 Å². The van der Waals surface area contributed by atoms with Crippen molar-refractivity contribution in [3.05, 3.63) is 0 Å². The van der Waals surface area contributed by atoms with Crippen LogP contribution < -0.4 is 0 Å². The van der Waals surface area contributed by atoms with Gasteiger partial charge in [0.25, 0.3) is 0 Å². The van der Waals surface area contributed by atoms with Gasteiger partial charge in [0.2, 0.25) is 5.91 Å². The smallest absolute Gasteiger partial charge is 0.219 e. The van der Waals surface area contributed by atoms with Gasteiger partial charge in [-0.3, -0.25) is 4.79 Å². The highest BCUT2D eigenvalue weighted by Gasteiger charge is 2.44. The summed E-state index contributed by atoms with van der Waals surface area (Å²) in [4.78, 5) is 16.0. The van der Waals surface area contributed by atoms with E-state index in [4.69, 9.17) is 0 Å². The molecular formula is C15H26N2O. The summed E-state index contributed by atoms with van der Waals surface area (Å²) in [7, 11) is 0. The first-order valence-electron chi connectivity index (χ1n) is 7.65. The molecule has 0 aromatic carbocycles. The van der Waals surface area contributed by atoms with Crippen LogP contribution in [-0.4, -0.2) is 48.4 Å². The Labute approximate surface area is 111 Å². The molecule has 3 heteroatoms. The number of amides is 1. The van der Waals surface area contributed by atoms with Crippen molar-refractivity contribution in [1.82, 2.24) is 9.80 Å². The molecule has 2 aliphatic heterocycles. The van der Waals surface area contributed by atoms with E-state index >= 15 is 0 Å². The summed E-state index contributed by atoms with van der Waals surface area (Å²) in [6.07, 6.45) is 8.30. The lowest BCUT2D eigenvalue weighted by Gasteiger charge is -2.37. The number of carbonyl (C=O) groups is 1. The average molecular weight is 250 g/mol. The van der Waals surface area contributed by atoms with Crippen LogP contribution >= 0.6 is 0 Å². The van der Waals surface area contributed by atoms with Crippen molar-refractivity contribution >= 4 is 5.91 Å². The average Bonchev–Trinajstić information content (AvgIpc) is 3.13. The van der Waals surface area contributed by atoms with Crippen molar-refractivity contribution in [2.75, 3.05) is 32.7 Å². The van der Waals surface area contributed by atoms with Crippen LogP contribution in [-0.2, 0) is 4.79 Å². The van der Waals surface area contributed by atoms with Crippen LogP contribution in [0.3, 0.4) is 0 Å². The molecule has 3 fully saturated rings. The fourth-order valence-corrected chi connectivity index (χ4v) is 3.68. The predicted octanol–water partition coefficient (Wildman–Crippen LogP) is 2.12. The quantitative estimate of drug-likeness (QED) is 0.749. The molecule has 0 atom stereocenters. The zero-order valence-corrected chi connectivity index (χ0v) is 11.7. The van der Waals surface area contributed by atoms with Crippen molar-refractivity contribution in [1.29, 1.82) is 0 Å². The van der Waals surface area contributed by atoms with Gasteiger partial charge < -0.3 is 9.80 Å². The Bertz CT molecular complexity index is 306. The van der Waals surface area contributed by atoms with Gasteiger partial charge in [0.15, 0.2) is 0 Å². The first-order valence-corrected chi connectivity index (χ1v) is 7.65. The molecule has 18 heavy (non-hydrogen) atoms. The van der Waals surface area contributed by atoms with Crippen molar-refractivity contribution in [2.24, 2.45) is 11.3 Å². The monoisotopic (exact) mass is 250 g/mol. The van der Waals surface area contributed by atoms with E-state index in [-0.39, 0.29) is 5.91 Å². The number of likely N-dealkylation sites (tertiary alicyclic amines) is 2. The Morgan fingerprint density at radius 2 is 1.67 bits per heavy atom. The van der Waals surface area contributed by atoms with Crippen molar-refractivity contribution in [3.8, 4) is 0 Å². The van der Waals surface area contributed by atoms with Gasteiger partial charge in [0.1, 0.15) is 0 Å². The zero-order valence-electron chi connectivity index (χ0n) is 11.7. The lowest BCUT2D eigenvalue weighted by atomic mass is 9.91. The van der Waals surface area contributed by atoms with Gasteiger partial charge in [-0.25, -0.2) is 0 Å². The second kappa shape index (κ2) is 4.84. The maximum Gasteiger partial charge on any atom is 0.219 e. The molecule has 3 nitrogen and oxygen atoms in total. The molecule has 0 radical (unpaired) electrons. The van der Waals surface area contributed by atoms with Gasteiger partial charge in [0, 0.05) is 26.6 Å². The van der Waals surface area contributed by atoms with Gasteiger partial charge >= 0.3 is 0 Å². The zero-order chi connectivity index (χ0) is 12.6. The van der Waals surface area contributed by atoms with Crippen LogP contribution in [0, 0.1) is 11.3 Å². The van der Waals surface area contributed by atoms with E-state index in [1.165, 1.54) is 58.2 Å². The van der Waals surface area contributed by atoms with Crippen LogP contribution in [0.15, 0.2) is 0 Å². The van der Waals surface area contributed by atoms with Crippen LogP contribution in [0.4, 0.5) is 0 Å². The van der Waals surface area contributed by atoms with Crippen molar-refractivity contribution in [2.45, 2.75) is 45.4 Å². The van der Waals surface area contributed by atoms with E-state index in [9.17, 15) is 4.79 Å². The molecule has 102 valence electrons. The number of hydrogen-bond acceptors (Lipinski definition) is 2. The molecule has 0 aromatic heterocycles. The second-order valence-corrected chi connectivity index (χ2v) is 6.75. The fourth-order valence-electron chi connectivity index (χ4n) is 3.68. The largest absolute Gasteiger partial charge is 0.343 e. The fraction of sp³-hybridized carbons (Fsp3) is 0.933. The van der Waals surface area contributed by atoms with E-state index < -0.39 is 0 Å². The second-order valence-electron chi connectivity index (χ2n) is 6.75. The molecule has 1 aliphatic carbocycles. The molecule has 0 unspecified atom stereocenters. The minimum atomic E-state index is 0.252. The lowest BCUT2D eigenvalue weighted by Crippen LogP contribution is -2.43. The van der Waals surface area contributed by atoms with E-state index in [2.05, 4.69) is 4.90 Å². The standard InChI is InChI=1S/C15H26N2O/c1-13(18)17-8-2-14(3-9-17)12-16-10-6-15(4-5-15)7-11-16/h14H,2-12H2,1H3. The molecule has 0 aromatic rings. The SMILES string of the molecule is CC(=O)N1CCC(CN2CCC3(CC2)CC3)CC1. The highest BCUT2D eigenvalue weighted by molar-refractivity contribution is 5.73. The molecule has 2 heterocycles. The maximum absolute atomic E-state index is 11.3. The molecule has 3 rings (SSSR count). The first-order chi connectivity index (χ1) is 8.67. The van der Waals surface area contributed by atoms with Crippen molar-refractivity contribution in [3.63, 3.8) is 0 Å². The summed E-state index contributed by atoms with van der Waals surface area (Å²) >= 11 is 0. The normalized spacial score (nSPS) is 28.6. The molecule has 0 N–H and O–H groups in total. The topological polar surface area (TPSA) is 23.6 Å². The summed E-state index contributed by atoms with van der Waals surface area (Å²) in [5.41, 5.74) is 0.800. The number of carbonyl (C=O) groups excluding carboxylic acids is 1. The highest BCUT2D eigenvalue weighted by Crippen LogP contribution is 2.53. The third-order valence-corrected chi connectivity index (χ3v) is 5.45. The van der Waals surface area contributed by atoms with Gasteiger partial charge in [-0.05, 0) is 62.9 Å².